The zero-order valence-corrected chi connectivity index (χ0v) is 65.2. The summed E-state index contributed by atoms with van der Waals surface area (Å²) in [7, 11) is -9.96. The lowest BCUT2D eigenvalue weighted by molar-refractivity contribution is -0.161. The van der Waals surface area contributed by atoms with Crippen LogP contribution in [0.1, 0.15) is 349 Å². The summed E-state index contributed by atoms with van der Waals surface area (Å²) in [5, 5.41) is 10.6. The van der Waals surface area contributed by atoms with Crippen molar-refractivity contribution in [1.82, 2.24) is 0 Å². The Morgan fingerprint density at radius 1 is 0.290 bits per heavy atom. The Morgan fingerprint density at radius 2 is 0.520 bits per heavy atom. The first-order chi connectivity index (χ1) is 48.7. The van der Waals surface area contributed by atoms with E-state index < -0.39 is 97.5 Å². The first kappa shape index (κ1) is 96.2. The maximum Gasteiger partial charge on any atom is 0.472 e. The van der Waals surface area contributed by atoms with E-state index in [2.05, 4.69) is 113 Å². The summed E-state index contributed by atoms with van der Waals surface area (Å²) in [6, 6.07) is 0. The molecule has 0 radical (unpaired) electrons. The van der Waals surface area contributed by atoms with Crippen molar-refractivity contribution in [1.29, 1.82) is 0 Å². The molecule has 0 spiro atoms. The van der Waals surface area contributed by atoms with Gasteiger partial charge in [0.2, 0.25) is 0 Å². The highest BCUT2D eigenvalue weighted by Gasteiger charge is 2.30. The molecule has 0 fully saturated rings. The molecule has 0 rings (SSSR count). The van der Waals surface area contributed by atoms with E-state index in [1.807, 2.05) is 0 Å². The van der Waals surface area contributed by atoms with E-state index in [1.165, 1.54) is 128 Å². The number of allylic oxidation sites excluding steroid dienone is 14. The molecule has 0 aliphatic heterocycles. The van der Waals surface area contributed by atoms with Crippen molar-refractivity contribution >= 4 is 39.5 Å². The second-order valence-corrected chi connectivity index (χ2v) is 29.5. The summed E-state index contributed by atoms with van der Waals surface area (Å²) >= 11 is 0. The number of ether oxygens (including phenoxy) is 4. The highest BCUT2D eigenvalue weighted by atomic mass is 31.2. The van der Waals surface area contributed by atoms with Gasteiger partial charge in [-0.1, -0.05) is 305 Å². The van der Waals surface area contributed by atoms with Crippen LogP contribution in [0.25, 0.3) is 0 Å². The summed E-state index contributed by atoms with van der Waals surface area (Å²) in [5.74, 6) is -2.20. The average molecular weight is 1450 g/mol. The number of carbonyl (C=O) groups is 4. The van der Waals surface area contributed by atoms with Crippen LogP contribution >= 0.6 is 15.6 Å². The van der Waals surface area contributed by atoms with Crippen molar-refractivity contribution in [2.45, 2.75) is 367 Å². The van der Waals surface area contributed by atoms with E-state index in [0.717, 1.165) is 141 Å². The Balaban J connectivity index is 5.37. The minimum Gasteiger partial charge on any atom is -0.462 e. The molecule has 5 atom stereocenters. The van der Waals surface area contributed by atoms with Crippen molar-refractivity contribution in [3.8, 4) is 0 Å². The van der Waals surface area contributed by atoms with Crippen molar-refractivity contribution in [3.05, 3.63) is 85.1 Å². The summed E-state index contributed by atoms with van der Waals surface area (Å²) in [5.41, 5.74) is 0. The third-order valence-corrected chi connectivity index (χ3v) is 18.8. The molecule has 0 aliphatic carbocycles. The standard InChI is InChI=1S/C81H144O17P2/c1-5-9-13-17-21-25-29-33-35-36-37-38-40-44-48-52-56-60-64-68-81(86)98-77(72-92-79(84)66-62-58-54-50-46-43-39-34-30-26-22-18-14-10-6-2)74-96-100(89,90)94-70-75(82)69-93-99(87,88)95-73-76(97-80(85)67-63-59-55-51-47-42-32-28-24-20-16-12-8-4)71-91-78(83)65-61-57-53-49-45-41-31-27-23-19-15-11-7-3/h9,13,21-22,25-26,33-35,37-39,44,48,75-77,82H,5-8,10-12,14-20,23-24,27-32,36,40-43,45-47,49-74H2,1-4H3,(H,87,88)(H,89,90)/b13-9-,25-21-,26-22-,35-33-,38-37-,39-34-,48-44-/t75-,76+,77+/m0/s1. The SMILES string of the molecule is CC/C=C\C/C=C\C/C=C\C/C=C\C/C=C\CCCCCC(=O)O[C@H](COC(=O)CCCCCCC/C=C\C/C=C\CCCCC)COP(=O)(O)OC[C@@H](O)COP(=O)(O)OC[C@@H](COC(=O)CCCCCCCCCCCCCCC)OC(=O)CCCCCCCCCCCCCCC. The smallest absolute Gasteiger partial charge is 0.462 e. The minimum absolute atomic E-state index is 0.0539. The molecule has 19 heteroatoms. The Bertz CT molecular complexity index is 2230. The molecule has 0 amide bonds. The maximum absolute atomic E-state index is 13.1. The zero-order valence-electron chi connectivity index (χ0n) is 63.4. The Labute approximate surface area is 608 Å². The predicted octanol–water partition coefficient (Wildman–Crippen LogP) is 23.0. The highest BCUT2D eigenvalue weighted by Crippen LogP contribution is 2.45. The van der Waals surface area contributed by atoms with Crippen LogP contribution in [0.3, 0.4) is 0 Å². The number of rotatable bonds is 75. The lowest BCUT2D eigenvalue weighted by Gasteiger charge is -2.21. The number of phosphoric acid groups is 2. The quantitative estimate of drug-likeness (QED) is 0.0169. The monoisotopic (exact) mass is 1450 g/mol. The van der Waals surface area contributed by atoms with Gasteiger partial charge in [0.15, 0.2) is 12.2 Å². The van der Waals surface area contributed by atoms with Crippen molar-refractivity contribution in [3.63, 3.8) is 0 Å². The van der Waals surface area contributed by atoms with E-state index in [0.29, 0.717) is 25.7 Å². The van der Waals surface area contributed by atoms with Gasteiger partial charge in [0, 0.05) is 25.7 Å². The number of unbranched alkanes of at least 4 members (excludes halogenated alkanes) is 35. The predicted molar refractivity (Wildman–Crippen MR) is 409 cm³/mol. The second-order valence-electron chi connectivity index (χ2n) is 26.6. The van der Waals surface area contributed by atoms with Gasteiger partial charge in [-0.2, -0.15) is 0 Å². The third-order valence-electron chi connectivity index (χ3n) is 16.9. The molecule has 0 heterocycles. The van der Waals surface area contributed by atoms with Crippen LogP contribution in [0.4, 0.5) is 0 Å². The summed E-state index contributed by atoms with van der Waals surface area (Å²) in [4.78, 5) is 72.9. The Morgan fingerprint density at radius 3 is 0.830 bits per heavy atom. The zero-order chi connectivity index (χ0) is 73.2. The normalized spacial score (nSPS) is 14.3. The molecule has 0 aliphatic rings. The van der Waals surface area contributed by atoms with E-state index in [4.69, 9.17) is 37.0 Å². The molecule has 0 aromatic rings. The van der Waals surface area contributed by atoms with Crippen molar-refractivity contribution in [2.75, 3.05) is 39.6 Å². The van der Waals surface area contributed by atoms with Crippen LogP contribution in [0.2, 0.25) is 0 Å². The van der Waals surface area contributed by atoms with Gasteiger partial charge in [0.1, 0.15) is 19.3 Å². The molecule has 580 valence electrons. The molecule has 17 nitrogen and oxygen atoms in total. The fourth-order valence-electron chi connectivity index (χ4n) is 10.8. The molecule has 0 saturated carbocycles. The first-order valence-electron chi connectivity index (χ1n) is 39.8. The van der Waals surface area contributed by atoms with Gasteiger partial charge in [-0.3, -0.25) is 37.3 Å². The Hall–Kier alpha value is -3.76. The van der Waals surface area contributed by atoms with Gasteiger partial charge in [0.05, 0.1) is 26.4 Å². The molecule has 3 N–H and O–H groups in total. The summed E-state index contributed by atoms with van der Waals surface area (Å²) < 4.78 is 68.6. The average Bonchev–Trinajstić information content (AvgIpc) is 0.934. The van der Waals surface area contributed by atoms with Crippen LogP contribution < -0.4 is 0 Å². The third kappa shape index (κ3) is 72.6. The molecular weight excluding hydrogens is 1310 g/mol. The van der Waals surface area contributed by atoms with Gasteiger partial charge in [0.25, 0.3) is 0 Å². The lowest BCUT2D eigenvalue weighted by atomic mass is 10.0. The largest absolute Gasteiger partial charge is 0.472 e. The molecule has 0 aromatic carbocycles. The number of aliphatic hydroxyl groups is 1. The molecule has 0 bridgehead atoms. The van der Waals surface area contributed by atoms with Crippen LogP contribution in [0.15, 0.2) is 85.1 Å². The molecular formula is C81H144O17P2. The lowest BCUT2D eigenvalue weighted by Crippen LogP contribution is -2.30. The van der Waals surface area contributed by atoms with Crippen molar-refractivity contribution in [2.24, 2.45) is 0 Å². The van der Waals surface area contributed by atoms with Crippen LogP contribution in [-0.2, 0) is 65.4 Å². The van der Waals surface area contributed by atoms with Crippen LogP contribution in [0, 0.1) is 0 Å². The molecule has 0 aromatic heterocycles. The summed E-state index contributed by atoms with van der Waals surface area (Å²) in [6.07, 6.45) is 75.6. The number of hydrogen-bond acceptors (Lipinski definition) is 15. The highest BCUT2D eigenvalue weighted by molar-refractivity contribution is 7.47. The van der Waals surface area contributed by atoms with Gasteiger partial charge in [-0.05, 0) is 103 Å². The molecule has 2 unspecified atom stereocenters. The summed E-state index contributed by atoms with van der Waals surface area (Å²) in [6.45, 7) is 4.73. The number of phosphoric ester groups is 2. The van der Waals surface area contributed by atoms with Crippen LogP contribution in [0.5, 0.6) is 0 Å². The number of esters is 4. The first-order valence-corrected chi connectivity index (χ1v) is 42.8. The Kier molecular flexibility index (Phi) is 70.8. The van der Waals surface area contributed by atoms with Crippen molar-refractivity contribution < 1.29 is 80.2 Å². The van der Waals surface area contributed by atoms with E-state index in [1.54, 1.807) is 0 Å². The second kappa shape index (κ2) is 73.5. The van der Waals surface area contributed by atoms with Gasteiger partial charge >= 0.3 is 39.5 Å². The van der Waals surface area contributed by atoms with E-state index >= 15 is 0 Å². The van der Waals surface area contributed by atoms with Gasteiger partial charge in [-0.25, -0.2) is 9.13 Å². The number of carbonyl (C=O) groups excluding carboxylic acids is 4. The number of aliphatic hydroxyl groups excluding tert-OH is 1. The molecule has 100 heavy (non-hydrogen) atoms. The van der Waals surface area contributed by atoms with E-state index in [-0.39, 0.29) is 25.7 Å². The van der Waals surface area contributed by atoms with Gasteiger partial charge < -0.3 is 33.8 Å². The fraction of sp³-hybridized carbons (Fsp3) is 0.778. The maximum atomic E-state index is 13.1. The van der Waals surface area contributed by atoms with E-state index in [9.17, 15) is 43.2 Å². The van der Waals surface area contributed by atoms with Crippen LogP contribution in [-0.4, -0.2) is 96.7 Å². The number of hydrogen-bond donors (Lipinski definition) is 3. The fourth-order valence-corrected chi connectivity index (χ4v) is 12.4. The van der Waals surface area contributed by atoms with Gasteiger partial charge in [-0.15, -0.1) is 0 Å². The topological polar surface area (TPSA) is 237 Å². The minimum atomic E-state index is -4.98. The molecule has 0 saturated heterocycles.